The first kappa shape index (κ1) is 14.6. The Morgan fingerprint density at radius 2 is 2.10 bits per heavy atom. The third kappa shape index (κ3) is 3.59. The highest BCUT2D eigenvalue weighted by atomic mass is 16.6. The molecule has 0 saturated heterocycles. The van der Waals surface area contributed by atoms with E-state index in [1.807, 2.05) is 0 Å². The summed E-state index contributed by atoms with van der Waals surface area (Å²) in [6.45, 7) is 5.23. The number of hydrogen-bond donors (Lipinski definition) is 0. The van der Waals surface area contributed by atoms with Crippen molar-refractivity contribution in [3.05, 3.63) is 40.3 Å². The molecule has 0 bridgehead atoms. The van der Waals surface area contributed by atoms with E-state index < -0.39 is 16.5 Å². The summed E-state index contributed by atoms with van der Waals surface area (Å²) in [5, 5.41) is 18.0. The van der Waals surface area contributed by atoms with E-state index in [2.05, 4.69) is 15.3 Å². The monoisotopic (exact) mass is 291 g/mol. The van der Waals surface area contributed by atoms with Crippen LogP contribution in [0.1, 0.15) is 31.3 Å². The Labute approximate surface area is 119 Å². The van der Waals surface area contributed by atoms with Gasteiger partial charge in [0.25, 0.3) is 5.69 Å². The minimum atomic E-state index is -0.632. The van der Waals surface area contributed by atoms with Gasteiger partial charge in [0.2, 0.25) is 0 Å². The Kier molecular flexibility index (Phi) is 3.66. The van der Waals surface area contributed by atoms with Crippen molar-refractivity contribution in [2.24, 2.45) is 0 Å². The van der Waals surface area contributed by atoms with Crippen LogP contribution in [-0.4, -0.2) is 36.5 Å². The Morgan fingerprint density at radius 1 is 1.38 bits per heavy atom. The SMILES string of the molecule is CC(C)(C)OC(=O)c1cn(-c2ccc([N+](=O)[O-])cn2)nn1. The summed E-state index contributed by atoms with van der Waals surface area (Å²) < 4.78 is 6.40. The number of esters is 1. The third-order valence-electron chi connectivity index (χ3n) is 2.28. The molecule has 110 valence electrons. The molecule has 0 aliphatic carbocycles. The maximum atomic E-state index is 11.8. The van der Waals surface area contributed by atoms with Crippen molar-refractivity contribution in [2.45, 2.75) is 26.4 Å². The van der Waals surface area contributed by atoms with Gasteiger partial charge in [-0.1, -0.05) is 5.21 Å². The first-order valence-electron chi connectivity index (χ1n) is 6.03. The van der Waals surface area contributed by atoms with Gasteiger partial charge in [-0.2, -0.15) is 0 Å². The summed E-state index contributed by atoms with van der Waals surface area (Å²) in [7, 11) is 0. The van der Waals surface area contributed by atoms with Gasteiger partial charge in [-0.05, 0) is 26.8 Å². The molecule has 2 aromatic rings. The van der Waals surface area contributed by atoms with Gasteiger partial charge in [0.1, 0.15) is 11.8 Å². The first-order chi connectivity index (χ1) is 9.76. The van der Waals surface area contributed by atoms with Gasteiger partial charge in [0.15, 0.2) is 11.5 Å². The number of carbonyl (C=O) groups is 1. The minimum Gasteiger partial charge on any atom is -0.455 e. The molecule has 0 atom stereocenters. The lowest BCUT2D eigenvalue weighted by Gasteiger charge is -2.18. The number of pyridine rings is 1. The summed E-state index contributed by atoms with van der Waals surface area (Å²) in [6, 6.07) is 2.70. The third-order valence-corrected chi connectivity index (χ3v) is 2.28. The molecule has 0 amide bonds. The van der Waals surface area contributed by atoms with Crippen LogP contribution in [0.2, 0.25) is 0 Å². The zero-order valence-electron chi connectivity index (χ0n) is 11.7. The van der Waals surface area contributed by atoms with Gasteiger partial charge in [-0.25, -0.2) is 14.5 Å². The summed E-state index contributed by atoms with van der Waals surface area (Å²) in [4.78, 5) is 25.7. The zero-order chi connectivity index (χ0) is 15.6. The number of hydrogen-bond acceptors (Lipinski definition) is 7. The molecule has 0 unspecified atom stereocenters. The van der Waals surface area contributed by atoms with Crippen molar-refractivity contribution in [2.75, 3.05) is 0 Å². The molecule has 0 spiro atoms. The van der Waals surface area contributed by atoms with Gasteiger partial charge >= 0.3 is 5.97 Å². The number of aromatic nitrogens is 4. The van der Waals surface area contributed by atoms with Crippen molar-refractivity contribution in [3.63, 3.8) is 0 Å². The van der Waals surface area contributed by atoms with Crippen LogP contribution in [0.25, 0.3) is 5.82 Å². The van der Waals surface area contributed by atoms with E-state index in [4.69, 9.17) is 4.74 Å². The van der Waals surface area contributed by atoms with E-state index in [1.165, 1.54) is 23.0 Å². The average molecular weight is 291 g/mol. The van der Waals surface area contributed by atoms with Gasteiger partial charge in [-0.3, -0.25) is 10.1 Å². The van der Waals surface area contributed by atoms with Crippen LogP contribution in [0.5, 0.6) is 0 Å². The first-order valence-corrected chi connectivity index (χ1v) is 6.03. The van der Waals surface area contributed by atoms with Crippen LogP contribution in [-0.2, 0) is 4.74 Å². The second-order valence-electron chi connectivity index (χ2n) is 5.18. The normalized spacial score (nSPS) is 11.2. The molecule has 9 nitrogen and oxygen atoms in total. The number of rotatable bonds is 3. The quantitative estimate of drug-likeness (QED) is 0.478. The van der Waals surface area contributed by atoms with Crippen LogP contribution in [0.15, 0.2) is 24.5 Å². The molecule has 0 aromatic carbocycles. The molecule has 0 aliphatic heterocycles. The number of carbonyl (C=O) groups excluding carboxylic acids is 1. The van der Waals surface area contributed by atoms with Crippen molar-refractivity contribution in [1.82, 2.24) is 20.0 Å². The lowest BCUT2D eigenvalue weighted by molar-refractivity contribution is -0.385. The molecular weight excluding hydrogens is 278 g/mol. The predicted molar refractivity (Wildman–Crippen MR) is 71.0 cm³/mol. The maximum absolute atomic E-state index is 11.8. The largest absolute Gasteiger partial charge is 0.455 e. The van der Waals surface area contributed by atoms with Crippen LogP contribution in [0.4, 0.5) is 5.69 Å². The van der Waals surface area contributed by atoms with Crippen LogP contribution in [0, 0.1) is 10.1 Å². The molecule has 2 heterocycles. The fraction of sp³-hybridized carbons (Fsp3) is 0.333. The molecular formula is C12H13N5O4. The van der Waals surface area contributed by atoms with Gasteiger partial charge in [0, 0.05) is 6.07 Å². The Hall–Kier alpha value is -2.84. The van der Waals surface area contributed by atoms with E-state index >= 15 is 0 Å². The number of ether oxygens (including phenoxy) is 1. The van der Waals surface area contributed by atoms with Gasteiger partial charge in [-0.15, -0.1) is 5.10 Å². The molecule has 0 aliphatic rings. The number of nitro groups is 1. The lowest BCUT2D eigenvalue weighted by Crippen LogP contribution is -2.24. The second kappa shape index (κ2) is 5.27. The van der Waals surface area contributed by atoms with E-state index in [9.17, 15) is 14.9 Å². The van der Waals surface area contributed by atoms with E-state index in [0.717, 1.165) is 6.20 Å². The molecule has 9 heteroatoms. The maximum Gasteiger partial charge on any atom is 0.361 e. The van der Waals surface area contributed by atoms with E-state index in [0.29, 0.717) is 5.82 Å². The fourth-order valence-corrected chi connectivity index (χ4v) is 1.42. The Morgan fingerprint density at radius 3 is 2.62 bits per heavy atom. The van der Waals surface area contributed by atoms with Gasteiger partial charge < -0.3 is 4.74 Å². The summed E-state index contributed by atoms with van der Waals surface area (Å²) in [5.74, 6) is -0.293. The summed E-state index contributed by atoms with van der Waals surface area (Å²) in [5.41, 5.74) is -0.733. The van der Waals surface area contributed by atoms with E-state index in [-0.39, 0.29) is 11.4 Å². The molecule has 2 rings (SSSR count). The molecule has 0 fully saturated rings. The van der Waals surface area contributed by atoms with Crippen molar-refractivity contribution in [1.29, 1.82) is 0 Å². The van der Waals surface area contributed by atoms with Crippen molar-refractivity contribution >= 4 is 11.7 Å². The van der Waals surface area contributed by atoms with Crippen molar-refractivity contribution in [3.8, 4) is 5.82 Å². The highest BCUT2D eigenvalue weighted by Gasteiger charge is 2.21. The average Bonchev–Trinajstić information content (AvgIpc) is 2.86. The molecule has 0 N–H and O–H groups in total. The summed E-state index contributed by atoms with van der Waals surface area (Å²) in [6.07, 6.45) is 2.45. The molecule has 21 heavy (non-hydrogen) atoms. The molecule has 0 saturated carbocycles. The van der Waals surface area contributed by atoms with Crippen LogP contribution in [0.3, 0.4) is 0 Å². The summed E-state index contributed by atoms with van der Waals surface area (Å²) >= 11 is 0. The van der Waals surface area contributed by atoms with Crippen LogP contribution >= 0.6 is 0 Å². The predicted octanol–water partition coefficient (Wildman–Crippen LogP) is 1.53. The smallest absolute Gasteiger partial charge is 0.361 e. The Bertz CT molecular complexity index is 672. The van der Waals surface area contributed by atoms with Gasteiger partial charge in [0.05, 0.1) is 11.1 Å². The second-order valence-corrected chi connectivity index (χ2v) is 5.18. The van der Waals surface area contributed by atoms with Crippen LogP contribution < -0.4 is 0 Å². The van der Waals surface area contributed by atoms with E-state index in [1.54, 1.807) is 20.8 Å². The fourth-order valence-electron chi connectivity index (χ4n) is 1.42. The molecule has 0 radical (unpaired) electrons. The van der Waals surface area contributed by atoms with Crippen molar-refractivity contribution < 1.29 is 14.5 Å². The standard InChI is InChI=1S/C12H13N5O4/c1-12(2,3)21-11(18)9-7-16(15-14-9)10-5-4-8(6-13-10)17(19)20/h4-7H,1-3H3. The molecule has 2 aromatic heterocycles. The highest BCUT2D eigenvalue weighted by Crippen LogP contribution is 2.13. The lowest BCUT2D eigenvalue weighted by atomic mass is 10.2. The Balaban J connectivity index is 2.19. The zero-order valence-corrected chi connectivity index (χ0v) is 11.7. The minimum absolute atomic E-state index is 0.0325. The number of nitrogens with zero attached hydrogens (tertiary/aromatic N) is 5. The topological polar surface area (TPSA) is 113 Å². The highest BCUT2D eigenvalue weighted by molar-refractivity contribution is 5.87.